The van der Waals surface area contributed by atoms with Crippen molar-refractivity contribution in [2.45, 2.75) is 116 Å². The lowest BCUT2D eigenvalue weighted by molar-refractivity contribution is -0.140. The standard InChI is InChI=1S/C34H52O6/c1-6-7-11-26-23(4)33(38)40-30(26)19-21(2)27-14-15-28-24(10-8-16-34(27,28)5)12-13-25-20-29(36)32(31(37)22(25)3)39-18-9-17-35/h12-13,21,26-32,35-37H,3-4,6-11,14-20H2,1-2,5H3/b24-12+,25-13-/t21-,26+,27-,28+,29-,30-,31-,32+,34-/m1/s1. The molecule has 0 aromatic carbocycles. The van der Waals surface area contributed by atoms with E-state index in [1.54, 1.807) is 0 Å². The molecule has 3 N–H and O–H groups in total. The van der Waals surface area contributed by atoms with Crippen LogP contribution in [0.4, 0.5) is 0 Å². The van der Waals surface area contributed by atoms with Gasteiger partial charge >= 0.3 is 5.97 Å². The average Bonchev–Trinajstić information content (AvgIpc) is 3.41. The van der Waals surface area contributed by atoms with E-state index in [2.05, 4.69) is 46.1 Å². The van der Waals surface area contributed by atoms with E-state index in [9.17, 15) is 15.0 Å². The zero-order valence-corrected chi connectivity index (χ0v) is 24.9. The molecule has 1 heterocycles. The Labute approximate surface area is 241 Å². The van der Waals surface area contributed by atoms with Crippen LogP contribution < -0.4 is 0 Å². The van der Waals surface area contributed by atoms with Crippen LogP contribution in [-0.2, 0) is 14.3 Å². The second-order valence-corrected chi connectivity index (χ2v) is 13.1. The van der Waals surface area contributed by atoms with Gasteiger partial charge in [0.2, 0.25) is 0 Å². The van der Waals surface area contributed by atoms with Crippen molar-refractivity contribution >= 4 is 5.97 Å². The number of hydrogen-bond donors (Lipinski definition) is 3. The van der Waals surface area contributed by atoms with Gasteiger partial charge in [0.25, 0.3) is 0 Å². The quantitative estimate of drug-likeness (QED) is 0.169. The number of esters is 1. The summed E-state index contributed by atoms with van der Waals surface area (Å²) >= 11 is 0. The molecule has 1 saturated heterocycles. The normalized spacial score (nSPS) is 39.1. The molecule has 0 amide bonds. The molecule has 0 unspecified atom stereocenters. The summed E-state index contributed by atoms with van der Waals surface area (Å²) in [5, 5.41) is 30.5. The first kappa shape index (κ1) is 31.2. The summed E-state index contributed by atoms with van der Waals surface area (Å²) in [6.07, 6.45) is 12.6. The minimum Gasteiger partial charge on any atom is -0.458 e. The highest BCUT2D eigenvalue weighted by Crippen LogP contribution is 2.60. The first-order valence-electron chi connectivity index (χ1n) is 15.7. The van der Waals surface area contributed by atoms with Crippen LogP contribution in [0.3, 0.4) is 0 Å². The first-order valence-corrected chi connectivity index (χ1v) is 15.7. The predicted molar refractivity (Wildman–Crippen MR) is 157 cm³/mol. The highest BCUT2D eigenvalue weighted by atomic mass is 16.6. The number of rotatable bonds is 11. The fraction of sp³-hybridized carbons (Fsp3) is 0.735. The maximum Gasteiger partial charge on any atom is 0.334 e. The van der Waals surface area contributed by atoms with Gasteiger partial charge in [-0.25, -0.2) is 4.79 Å². The Bertz CT molecular complexity index is 996. The lowest BCUT2D eigenvalue weighted by Gasteiger charge is -2.45. The maximum absolute atomic E-state index is 12.3. The number of aliphatic hydroxyl groups is 3. The zero-order chi connectivity index (χ0) is 29.0. The lowest BCUT2D eigenvalue weighted by Crippen LogP contribution is -2.45. The number of allylic oxidation sites excluding steroid dienone is 3. The van der Waals surface area contributed by atoms with Crippen molar-refractivity contribution in [1.29, 1.82) is 0 Å². The number of carbonyl (C=O) groups is 1. The average molecular weight is 557 g/mol. The minimum atomic E-state index is -0.956. The van der Waals surface area contributed by atoms with Crippen LogP contribution in [0.25, 0.3) is 0 Å². The molecule has 1 aliphatic heterocycles. The SMILES string of the molecule is C=C1/C(=C\C=C2/CCC[C@]3(C)[C@@H]([C@H](C)C[C@H]4OC(=O)C(=C)[C@@H]4CCCC)CC[C@@H]23)C[C@@H](O)[C@H](OCCCO)[C@@H]1O. The summed E-state index contributed by atoms with van der Waals surface area (Å²) in [7, 11) is 0. The Kier molecular flexibility index (Phi) is 10.5. The number of aliphatic hydroxyl groups excluding tert-OH is 3. The van der Waals surface area contributed by atoms with Crippen LogP contribution in [0.15, 0.2) is 47.6 Å². The van der Waals surface area contributed by atoms with Gasteiger partial charge in [-0.1, -0.05) is 64.5 Å². The molecular formula is C34H52O6. The van der Waals surface area contributed by atoms with E-state index < -0.39 is 18.3 Å². The molecule has 3 saturated carbocycles. The third-order valence-corrected chi connectivity index (χ3v) is 10.6. The molecule has 9 atom stereocenters. The van der Waals surface area contributed by atoms with Gasteiger partial charge < -0.3 is 24.8 Å². The summed E-state index contributed by atoms with van der Waals surface area (Å²) in [5.41, 5.74) is 3.84. The van der Waals surface area contributed by atoms with Crippen LogP contribution in [0.5, 0.6) is 0 Å². The molecule has 0 radical (unpaired) electrons. The summed E-state index contributed by atoms with van der Waals surface area (Å²) in [5.74, 6) is 1.52. The number of unbranched alkanes of at least 4 members (excludes halogenated alkanes) is 1. The Balaban J connectivity index is 1.44. The van der Waals surface area contributed by atoms with Crippen molar-refractivity contribution in [2.75, 3.05) is 13.2 Å². The van der Waals surface area contributed by atoms with Crippen LogP contribution >= 0.6 is 0 Å². The Morgan fingerprint density at radius 1 is 1.18 bits per heavy atom. The maximum atomic E-state index is 12.3. The number of hydrogen-bond acceptors (Lipinski definition) is 6. The van der Waals surface area contributed by atoms with Gasteiger partial charge in [0.05, 0.1) is 6.10 Å². The Morgan fingerprint density at radius 3 is 2.67 bits per heavy atom. The highest BCUT2D eigenvalue weighted by molar-refractivity contribution is 5.90. The molecule has 3 aliphatic carbocycles. The van der Waals surface area contributed by atoms with E-state index in [1.165, 1.54) is 24.8 Å². The van der Waals surface area contributed by atoms with E-state index >= 15 is 0 Å². The molecule has 4 rings (SSSR count). The molecule has 6 nitrogen and oxygen atoms in total. The van der Waals surface area contributed by atoms with Gasteiger partial charge in [0.15, 0.2) is 0 Å². The smallest absolute Gasteiger partial charge is 0.334 e. The largest absolute Gasteiger partial charge is 0.458 e. The van der Waals surface area contributed by atoms with Crippen molar-refractivity contribution in [2.24, 2.45) is 29.1 Å². The van der Waals surface area contributed by atoms with Gasteiger partial charge in [-0.15, -0.1) is 0 Å². The number of ether oxygens (including phenoxy) is 2. The molecule has 40 heavy (non-hydrogen) atoms. The second kappa shape index (κ2) is 13.5. The van der Waals surface area contributed by atoms with Gasteiger partial charge in [-0.05, 0) is 85.7 Å². The van der Waals surface area contributed by atoms with Crippen molar-refractivity contribution in [3.63, 3.8) is 0 Å². The highest BCUT2D eigenvalue weighted by Gasteiger charge is 2.51. The van der Waals surface area contributed by atoms with E-state index in [0.29, 0.717) is 48.3 Å². The number of carbonyl (C=O) groups excluding carboxylic acids is 1. The van der Waals surface area contributed by atoms with Crippen molar-refractivity contribution in [1.82, 2.24) is 0 Å². The van der Waals surface area contributed by atoms with E-state index in [4.69, 9.17) is 14.6 Å². The first-order chi connectivity index (χ1) is 19.1. The molecular weight excluding hydrogens is 504 g/mol. The van der Waals surface area contributed by atoms with Crippen LogP contribution in [-0.4, -0.2) is 58.9 Å². The summed E-state index contributed by atoms with van der Waals surface area (Å²) in [6.45, 7) is 15.5. The molecule has 0 aromatic rings. The predicted octanol–water partition coefficient (Wildman–Crippen LogP) is 5.82. The monoisotopic (exact) mass is 556 g/mol. The lowest BCUT2D eigenvalue weighted by atomic mass is 9.60. The number of cyclic esters (lactones) is 1. The zero-order valence-electron chi connectivity index (χ0n) is 24.9. The molecule has 4 fully saturated rings. The minimum absolute atomic E-state index is 0.0154. The second-order valence-electron chi connectivity index (χ2n) is 13.1. The Morgan fingerprint density at radius 2 is 1.95 bits per heavy atom. The van der Waals surface area contributed by atoms with Gasteiger partial charge in [-0.2, -0.15) is 0 Å². The van der Waals surface area contributed by atoms with Crippen molar-refractivity contribution < 1.29 is 29.6 Å². The van der Waals surface area contributed by atoms with Gasteiger partial charge in [0, 0.05) is 31.1 Å². The Hall–Kier alpha value is -1.73. The molecule has 224 valence electrons. The molecule has 6 heteroatoms. The van der Waals surface area contributed by atoms with E-state index in [0.717, 1.165) is 44.1 Å². The van der Waals surface area contributed by atoms with E-state index in [1.807, 2.05) is 0 Å². The van der Waals surface area contributed by atoms with Gasteiger partial charge in [-0.3, -0.25) is 0 Å². The van der Waals surface area contributed by atoms with Crippen LogP contribution in [0, 0.1) is 29.1 Å². The van der Waals surface area contributed by atoms with Crippen molar-refractivity contribution in [3.8, 4) is 0 Å². The third kappa shape index (κ3) is 6.35. The van der Waals surface area contributed by atoms with Crippen LogP contribution in [0.1, 0.15) is 91.4 Å². The summed E-state index contributed by atoms with van der Waals surface area (Å²) in [6, 6.07) is 0. The van der Waals surface area contributed by atoms with Crippen molar-refractivity contribution in [3.05, 3.63) is 47.6 Å². The fourth-order valence-corrected chi connectivity index (χ4v) is 8.35. The van der Waals surface area contributed by atoms with Crippen LogP contribution in [0.2, 0.25) is 0 Å². The third-order valence-electron chi connectivity index (χ3n) is 10.6. The van der Waals surface area contributed by atoms with Gasteiger partial charge in [0.1, 0.15) is 18.3 Å². The summed E-state index contributed by atoms with van der Waals surface area (Å²) < 4.78 is 11.5. The number of fused-ring (bicyclic) bond motifs is 1. The molecule has 0 aromatic heterocycles. The topological polar surface area (TPSA) is 96.2 Å². The fourth-order valence-electron chi connectivity index (χ4n) is 8.35. The molecule has 4 aliphatic rings. The molecule has 0 spiro atoms. The summed E-state index contributed by atoms with van der Waals surface area (Å²) in [4.78, 5) is 12.3. The van der Waals surface area contributed by atoms with E-state index in [-0.39, 0.29) is 30.0 Å². The molecule has 0 bridgehead atoms.